The van der Waals surface area contributed by atoms with E-state index in [1.165, 1.54) is 6.92 Å². The Morgan fingerprint density at radius 3 is 2.11 bits per heavy atom. The van der Waals surface area contributed by atoms with Gasteiger partial charge in [-0.1, -0.05) is 60.7 Å². The van der Waals surface area contributed by atoms with Gasteiger partial charge in [0.25, 0.3) is 5.91 Å². The van der Waals surface area contributed by atoms with E-state index in [4.69, 9.17) is 14.7 Å². The molecule has 0 aliphatic carbocycles. The third kappa shape index (κ3) is 7.08. The van der Waals surface area contributed by atoms with Crippen molar-refractivity contribution in [2.75, 3.05) is 0 Å². The van der Waals surface area contributed by atoms with Crippen molar-refractivity contribution < 1.29 is 29.1 Å². The van der Waals surface area contributed by atoms with Gasteiger partial charge in [0.15, 0.2) is 6.10 Å². The summed E-state index contributed by atoms with van der Waals surface area (Å²) in [5, 5.41) is 11.3. The molecule has 28 heavy (non-hydrogen) atoms. The van der Waals surface area contributed by atoms with Crippen LogP contribution in [-0.2, 0) is 32.2 Å². The van der Waals surface area contributed by atoms with Gasteiger partial charge in [0.05, 0.1) is 0 Å². The van der Waals surface area contributed by atoms with E-state index in [1.54, 1.807) is 24.3 Å². The molecule has 2 atom stereocenters. The van der Waals surface area contributed by atoms with Gasteiger partial charge in [0, 0.05) is 6.42 Å². The number of hydrogen-bond donors (Lipinski definition) is 3. The molecule has 2 rings (SSSR count). The number of benzene rings is 2. The van der Waals surface area contributed by atoms with E-state index in [1.807, 2.05) is 36.4 Å². The standard InChI is InChI=1S/C20H22N2O6/c1-14(19(24)25)28-22-18(23)17(12-15-8-4-2-5-9-15)21-20(26)27-13-16-10-6-3-7-11-16/h2-11,14,17H,12-13H2,1H3,(H,21,26)(H,22,23)(H,24,25)/t14-,17+/m1/s1. The summed E-state index contributed by atoms with van der Waals surface area (Å²) in [6, 6.07) is 17.2. The second kappa shape index (κ2) is 10.7. The summed E-state index contributed by atoms with van der Waals surface area (Å²) in [6.45, 7) is 1.33. The number of carboxylic acid groups (broad SMARTS) is 1. The van der Waals surface area contributed by atoms with E-state index < -0.39 is 30.1 Å². The second-order valence-electron chi connectivity index (χ2n) is 6.01. The Morgan fingerprint density at radius 2 is 1.54 bits per heavy atom. The molecule has 0 aromatic heterocycles. The lowest BCUT2D eigenvalue weighted by Crippen LogP contribution is -2.49. The molecule has 0 unspecified atom stereocenters. The maximum atomic E-state index is 12.4. The number of ether oxygens (including phenoxy) is 1. The number of aliphatic carboxylic acids is 1. The summed E-state index contributed by atoms with van der Waals surface area (Å²) < 4.78 is 5.15. The zero-order valence-electron chi connectivity index (χ0n) is 15.3. The monoisotopic (exact) mass is 386 g/mol. The molecule has 148 valence electrons. The Balaban J connectivity index is 1.97. The van der Waals surface area contributed by atoms with Crippen LogP contribution < -0.4 is 10.8 Å². The topological polar surface area (TPSA) is 114 Å². The lowest BCUT2D eigenvalue weighted by Gasteiger charge is -2.19. The molecular weight excluding hydrogens is 364 g/mol. The molecule has 8 nitrogen and oxygen atoms in total. The number of rotatable bonds is 9. The van der Waals surface area contributed by atoms with Crippen molar-refractivity contribution in [3.8, 4) is 0 Å². The summed E-state index contributed by atoms with van der Waals surface area (Å²) in [7, 11) is 0. The molecule has 3 N–H and O–H groups in total. The highest BCUT2D eigenvalue weighted by molar-refractivity contribution is 5.85. The number of carbonyl (C=O) groups excluding carboxylic acids is 2. The highest BCUT2D eigenvalue weighted by Crippen LogP contribution is 2.05. The quantitative estimate of drug-likeness (QED) is 0.569. The average molecular weight is 386 g/mol. The van der Waals surface area contributed by atoms with E-state index in [0.29, 0.717) is 0 Å². The summed E-state index contributed by atoms with van der Waals surface area (Å²) >= 11 is 0. The molecule has 8 heteroatoms. The normalized spacial score (nSPS) is 12.5. The van der Waals surface area contributed by atoms with Crippen molar-refractivity contribution in [2.24, 2.45) is 0 Å². The maximum absolute atomic E-state index is 12.4. The fourth-order valence-electron chi connectivity index (χ4n) is 2.23. The van der Waals surface area contributed by atoms with Crippen LogP contribution in [0.1, 0.15) is 18.1 Å². The van der Waals surface area contributed by atoms with Crippen LogP contribution in [0.4, 0.5) is 4.79 Å². The fourth-order valence-corrected chi connectivity index (χ4v) is 2.23. The van der Waals surface area contributed by atoms with Crippen LogP contribution >= 0.6 is 0 Å². The zero-order chi connectivity index (χ0) is 20.4. The minimum absolute atomic E-state index is 0.0545. The third-order valence-corrected chi connectivity index (χ3v) is 3.79. The van der Waals surface area contributed by atoms with Gasteiger partial charge < -0.3 is 15.2 Å². The van der Waals surface area contributed by atoms with Crippen LogP contribution in [0.3, 0.4) is 0 Å². The summed E-state index contributed by atoms with van der Waals surface area (Å²) in [5.41, 5.74) is 3.68. The molecule has 0 heterocycles. The van der Waals surface area contributed by atoms with Gasteiger partial charge in [-0.05, 0) is 18.1 Å². The van der Waals surface area contributed by atoms with Crippen molar-refractivity contribution in [1.29, 1.82) is 0 Å². The number of hydroxylamine groups is 1. The molecule has 0 bridgehead atoms. The first kappa shape index (κ1) is 20.9. The Morgan fingerprint density at radius 1 is 0.964 bits per heavy atom. The molecule has 2 amide bonds. The van der Waals surface area contributed by atoms with Gasteiger partial charge in [-0.3, -0.25) is 9.63 Å². The Hall–Kier alpha value is -3.39. The van der Waals surface area contributed by atoms with Crippen molar-refractivity contribution in [1.82, 2.24) is 10.8 Å². The molecule has 0 spiro atoms. The van der Waals surface area contributed by atoms with Crippen molar-refractivity contribution >= 4 is 18.0 Å². The Labute approximate surface area is 162 Å². The first-order chi connectivity index (χ1) is 13.5. The fraction of sp³-hybridized carbons (Fsp3) is 0.250. The Bertz CT molecular complexity index is 782. The van der Waals surface area contributed by atoms with Gasteiger partial charge >= 0.3 is 12.1 Å². The molecule has 0 saturated heterocycles. The smallest absolute Gasteiger partial charge is 0.408 e. The number of carbonyl (C=O) groups is 3. The molecular formula is C20H22N2O6. The van der Waals surface area contributed by atoms with Crippen LogP contribution in [-0.4, -0.2) is 35.2 Å². The van der Waals surface area contributed by atoms with Gasteiger partial charge in [-0.2, -0.15) is 0 Å². The highest BCUT2D eigenvalue weighted by atomic mass is 16.7. The first-order valence-electron chi connectivity index (χ1n) is 8.65. The molecule has 2 aromatic carbocycles. The summed E-state index contributed by atoms with van der Waals surface area (Å²) in [5.74, 6) is -1.91. The van der Waals surface area contributed by atoms with E-state index in [2.05, 4.69) is 10.8 Å². The van der Waals surface area contributed by atoms with E-state index in [9.17, 15) is 14.4 Å². The van der Waals surface area contributed by atoms with Gasteiger partial charge in [-0.25, -0.2) is 15.1 Å². The molecule has 0 aliphatic heterocycles. The SMILES string of the molecule is C[C@@H](ONC(=O)[C@H](Cc1ccccc1)NC(=O)OCc1ccccc1)C(=O)O. The first-order valence-corrected chi connectivity index (χ1v) is 8.65. The molecule has 2 aromatic rings. The number of alkyl carbamates (subject to hydrolysis) is 1. The largest absolute Gasteiger partial charge is 0.479 e. The summed E-state index contributed by atoms with van der Waals surface area (Å²) in [6.07, 6.45) is -1.82. The van der Waals surface area contributed by atoms with Crippen LogP contribution in [0, 0.1) is 0 Å². The van der Waals surface area contributed by atoms with Crippen LogP contribution in [0.15, 0.2) is 60.7 Å². The van der Waals surface area contributed by atoms with Crippen molar-refractivity contribution in [3.63, 3.8) is 0 Å². The lowest BCUT2D eigenvalue weighted by molar-refractivity contribution is -0.159. The van der Waals surface area contributed by atoms with Gasteiger partial charge in [0.1, 0.15) is 12.6 Å². The van der Waals surface area contributed by atoms with Crippen LogP contribution in [0.2, 0.25) is 0 Å². The number of hydrogen-bond acceptors (Lipinski definition) is 5. The van der Waals surface area contributed by atoms with Crippen LogP contribution in [0.25, 0.3) is 0 Å². The number of nitrogens with one attached hydrogen (secondary N) is 2. The van der Waals surface area contributed by atoms with Gasteiger partial charge in [-0.15, -0.1) is 0 Å². The minimum atomic E-state index is -1.23. The minimum Gasteiger partial charge on any atom is -0.479 e. The van der Waals surface area contributed by atoms with E-state index in [-0.39, 0.29) is 13.0 Å². The molecule has 0 aliphatic rings. The lowest BCUT2D eigenvalue weighted by atomic mass is 10.1. The average Bonchev–Trinajstić information content (AvgIpc) is 2.71. The van der Waals surface area contributed by atoms with E-state index in [0.717, 1.165) is 11.1 Å². The number of amides is 2. The predicted molar refractivity (Wildman–Crippen MR) is 100 cm³/mol. The maximum Gasteiger partial charge on any atom is 0.408 e. The third-order valence-electron chi connectivity index (χ3n) is 3.79. The zero-order valence-corrected chi connectivity index (χ0v) is 15.3. The molecule has 0 fully saturated rings. The highest BCUT2D eigenvalue weighted by Gasteiger charge is 2.24. The molecule has 0 radical (unpaired) electrons. The predicted octanol–water partition coefficient (Wildman–Crippen LogP) is 2.04. The van der Waals surface area contributed by atoms with Gasteiger partial charge in [0.2, 0.25) is 0 Å². The van der Waals surface area contributed by atoms with Crippen LogP contribution in [0.5, 0.6) is 0 Å². The molecule has 0 saturated carbocycles. The second-order valence-corrected chi connectivity index (χ2v) is 6.01. The van der Waals surface area contributed by atoms with Crippen molar-refractivity contribution in [2.45, 2.75) is 32.1 Å². The van der Waals surface area contributed by atoms with E-state index >= 15 is 0 Å². The number of carboxylic acids is 1. The Kier molecular flexibility index (Phi) is 7.98. The van der Waals surface area contributed by atoms with Crippen molar-refractivity contribution in [3.05, 3.63) is 71.8 Å². The summed E-state index contributed by atoms with van der Waals surface area (Å²) in [4.78, 5) is 40.1.